The fraction of sp³-hybridized carbons (Fsp3) is 0.938. The fourth-order valence-electron chi connectivity index (χ4n) is 3.84. The number of esters is 1. The Labute approximate surface area is 126 Å². The van der Waals surface area contributed by atoms with E-state index in [9.17, 15) is 4.79 Å². The molecule has 120 valence electrons. The maximum absolute atomic E-state index is 11.9. The van der Waals surface area contributed by atoms with Crippen LogP contribution in [0.15, 0.2) is 0 Å². The van der Waals surface area contributed by atoms with Gasteiger partial charge in [-0.2, -0.15) is 0 Å². The minimum Gasteiger partial charge on any atom is -0.466 e. The summed E-state index contributed by atoms with van der Waals surface area (Å²) in [6, 6.07) is 0. The van der Waals surface area contributed by atoms with Crippen molar-refractivity contribution in [3.63, 3.8) is 0 Å². The van der Waals surface area contributed by atoms with Crippen LogP contribution in [-0.4, -0.2) is 55.6 Å². The van der Waals surface area contributed by atoms with Crippen molar-refractivity contribution in [1.29, 1.82) is 0 Å². The van der Waals surface area contributed by atoms with E-state index in [1.807, 2.05) is 6.92 Å². The number of carbonyl (C=O) groups is 1. The number of hydrogen-bond donors (Lipinski definition) is 0. The van der Waals surface area contributed by atoms with Crippen molar-refractivity contribution in [3.8, 4) is 0 Å². The van der Waals surface area contributed by atoms with E-state index in [0.29, 0.717) is 13.2 Å². The monoisotopic (exact) mass is 297 g/mol. The Morgan fingerprint density at radius 3 is 2.90 bits per heavy atom. The molecule has 0 amide bonds. The van der Waals surface area contributed by atoms with Crippen LogP contribution < -0.4 is 0 Å². The molecule has 1 spiro atoms. The molecule has 21 heavy (non-hydrogen) atoms. The number of carbonyl (C=O) groups excluding carboxylic acids is 1. The zero-order valence-corrected chi connectivity index (χ0v) is 13.0. The van der Waals surface area contributed by atoms with Gasteiger partial charge in [0.1, 0.15) is 0 Å². The third-order valence-corrected chi connectivity index (χ3v) is 4.87. The number of hydrogen-bond acceptors (Lipinski definition) is 5. The number of piperidine rings is 1. The van der Waals surface area contributed by atoms with Gasteiger partial charge in [-0.3, -0.25) is 9.69 Å². The lowest BCUT2D eigenvalue weighted by Crippen LogP contribution is -2.43. The highest BCUT2D eigenvalue weighted by Crippen LogP contribution is 2.39. The first kappa shape index (κ1) is 15.3. The molecule has 0 radical (unpaired) electrons. The van der Waals surface area contributed by atoms with Crippen LogP contribution >= 0.6 is 0 Å². The summed E-state index contributed by atoms with van der Waals surface area (Å²) < 4.78 is 17.3. The Bertz CT molecular complexity index is 367. The highest BCUT2D eigenvalue weighted by molar-refractivity contribution is 5.72. The molecule has 1 aliphatic carbocycles. The molecule has 3 rings (SSSR count). The molecule has 3 aliphatic rings. The van der Waals surface area contributed by atoms with E-state index in [2.05, 4.69) is 4.90 Å². The van der Waals surface area contributed by atoms with Gasteiger partial charge in [0.05, 0.1) is 25.2 Å². The van der Waals surface area contributed by atoms with Crippen molar-refractivity contribution >= 4 is 5.97 Å². The first-order chi connectivity index (χ1) is 10.2. The first-order valence-corrected chi connectivity index (χ1v) is 8.41. The van der Waals surface area contributed by atoms with E-state index in [0.717, 1.165) is 45.3 Å². The fourth-order valence-corrected chi connectivity index (χ4v) is 3.84. The summed E-state index contributed by atoms with van der Waals surface area (Å²) in [5.74, 6) is -0.291. The predicted octanol–water partition coefficient (Wildman–Crippen LogP) is 1.95. The number of nitrogens with zero attached hydrogens (tertiary/aromatic N) is 1. The maximum Gasteiger partial charge on any atom is 0.310 e. The zero-order valence-electron chi connectivity index (χ0n) is 13.0. The van der Waals surface area contributed by atoms with Gasteiger partial charge in [-0.25, -0.2) is 0 Å². The van der Waals surface area contributed by atoms with Crippen LogP contribution in [0.25, 0.3) is 0 Å². The minimum absolute atomic E-state index is 0.0291. The van der Waals surface area contributed by atoms with Crippen molar-refractivity contribution < 1.29 is 19.0 Å². The highest BCUT2D eigenvalue weighted by atomic mass is 16.7. The summed E-state index contributed by atoms with van der Waals surface area (Å²) in [5, 5.41) is 0. The lowest BCUT2D eigenvalue weighted by atomic mass is 9.98. The van der Waals surface area contributed by atoms with Gasteiger partial charge in [-0.15, -0.1) is 0 Å². The second-order valence-corrected chi connectivity index (χ2v) is 6.52. The molecule has 0 aromatic heterocycles. The Kier molecular flexibility index (Phi) is 4.82. The molecule has 3 fully saturated rings. The van der Waals surface area contributed by atoms with Crippen LogP contribution in [0.1, 0.15) is 45.4 Å². The summed E-state index contributed by atoms with van der Waals surface area (Å²) >= 11 is 0. The molecule has 1 unspecified atom stereocenters. The molecule has 2 saturated heterocycles. The van der Waals surface area contributed by atoms with Gasteiger partial charge in [0.2, 0.25) is 0 Å². The van der Waals surface area contributed by atoms with E-state index >= 15 is 0 Å². The molecule has 1 saturated carbocycles. The predicted molar refractivity (Wildman–Crippen MR) is 77.8 cm³/mol. The Morgan fingerprint density at radius 2 is 2.14 bits per heavy atom. The molecule has 2 heterocycles. The largest absolute Gasteiger partial charge is 0.466 e. The van der Waals surface area contributed by atoms with Gasteiger partial charge >= 0.3 is 5.97 Å². The van der Waals surface area contributed by atoms with Gasteiger partial charge in [-0.1, -0.05) is 0 Å². The summed E-state index contributed by atoms with van der Waals surface area (Å²) in [6.07, 6.45) is 6.65. The maximum atomic E-state index is 11.9. The van der Waals surface area contributed by atoms with Gasteiger partial charge in [0.25, 0.3) is 0 Å². The van der Waals surface area contributed by atoms with E-state index in [4.69, 9.17) is 14.2 Å². The standard InChI is InChI=1S/C16H27NO4/c1-2-19-15(18)13-6-5-9-17(10-13)11-14-12-20-16(21-14)7-3-4-8-16/h13-14H,2-12H2,1H3/t13-,14?/m1/s1. The number of ether oxygens (including phenoxy) is 3. The average molecular weight is 297 g/mol. The van der Waals surface area contributed by atoms with Crippen molar-refractivity contribution in [2.75, 3.05) is 32.8 Å². The molecule has 0 bridgehead atoms. The second kappa shape index (κ2) is 6.63. The summed E-state index contributed by atoms with van der Waals surface area (Å²) in [5.41, 5.74) is 0. The van der Waals surface area contributed by atoms with E-state index in [-0.39, 0.29) is 23.8 Å². The first-order valence-electron chi connectivity index (χ1n) is 8.41. The summed E-state index contributed by atoms with van der Waals surface area (Å²) in [6.45, 7) is 5.74. The van der Waals surface area contributed by atoms with Gasteiger partial charge < -0.3 is 14.2 Å². The van der Waals surface area contributed by atoms with Crippen LogP contribution in [0.2, 0.25) is 0 Å². The molecule has 5 nitrogen and oxygen atoms in total. The van der Waals surface area contributed by atoms with Gasteiger partial charge in [0, 0.05) is 25.9 Å². The van der Waals surface area contributed by atoms with Gasteiger partial charge in [-0.05, 0) is 39.2 Å². The summed E-state index contributed by atoms with van der Waals surface area (Å²) in [4.78, 5) is 14.2. The number of likely N-dealkylation sites (tertiary alicyclic amines) is 1. The highest BCUT2D eigenvalue weighted by Gasteiger charge is 2.44. The summed E-state index contributed by atoms with van der Waals surface area (Å²) in [7, 11) is 0. The van der Waals surface area contributed by atoms with Crippen molar-refractivity contribution in [2.24, 2.45) is 5.92 Å². The minimum atomic E-state index is -0.277. The number of rotatable bonds is 4. The van der Waals surface area contributed by atoms with Crippen LogP contribution in [0.5, 0.6) is 0 Å². The molecule has 0 aromatic carbocycles. The SMILES string of the molecule is CCOC(=O)[C@@H]1CCCN(CC2COC3(CCCC3)O2)C1. The molecule has 2 aliphatic heterocycles. The normalized spacial score (nSPS) is 32.6. The van der Waals surface area contributed by atoms with E-state index in [1.165, 1.54) is 12.8 Å². The van der Waals surface area contributed by atoms with Crippen LogP contribution in [0.3, 0.4) is 0 Å². The smallest absolute Gasteiger partial charge is 0.310 e. The van der Waals surface area contributed by atoms with Crippen LogP contribution in [-0.2, 0) is 19.0 Å². The Morgan fingerprint density at radius 1 is 1.33 bits per heavy atom. The lowest BCUT2D eigenvalue weighted by Gasteiger charge is -2.33. The quantitative estimate of drug-likeness (QED) is 0.742. The van der Waals surface area contributed by atoms with Crippen molar-refractivity contribution in [3.05, 3.63) is 0 Å². The van der Waals surface area contributed by atoms with Crippen LogP contribution in [0, 0.1) is 5.92 Å². The Hall–Kier alpha value is -0.650. The third-order valence-electron chi connectivity index (χ3n) is 4.87. The topological polar surface area (TPSA) is 48.0 Å². The second-order valence-electron chi connectivity index (χ2n) is 6.52. The Balaban J connectivity index is 1.48. The third kappa shape index (κ3) is 3.58. The molecule has 2 atom stereocenters. The van der Waals surface area contributed by atoms with Crippen LogP contribution in [0.4, 0.5) is 0 Å². The molecular weight excluding hydrogens is 270 g/mol. The van der Waals surface area contributed by atoms with Crippen molar-refractivity contribution in [1.82, 2.24) is 4.90 Å². The molecular formula is C16H27NO4. The van der Waals surface area contributed by atoms with Gasteiger partial charge in [0.15, 0.2) is 5.79 Å². The molecule has 0 N–H and O–H groups in total. The van der Waals surface area contributed by atoms with E-state index < -0.39 is 0 Å². The lowest BCUT2D eigenvalue weighted by molar-refractivity contribution is -0.164. The zero-order chi connectivity index (χ0) is 14.7. The van der Waals surface area contributed by atoms with E-state index in [1.54, 1.807) is 0 Å². The average Bonchev–Trinajstić information content (AvgIpc) is 3.10. The molecule has 5 heteroatoms. The molecule has 0 aromatic rings. The van der Waals surface area contributed by atoms with Crippen molar-refractivity contribution in [2.45, 2.75) is 57.3 Å².